The van der Waals surface area contributed by atoms with Gasteiger partial charge in [0.05, 0.1) is 12.1 Å². The van der Waals surface area contributed by atoms with Crippen molar-refractivity contribution in [3.8, 4) is 0 Å². The molecule has 4 heteroatoms. The topological polar surface area (TPSA) is 39.8 Å². The summed E-state index contributed by atoms with van der Waals surface area (Å²) in [6, 6.07) is 10.8. The first-order valence-electron chi connectivity index (χ1n) is 8.09. The molecule has 1 aliphatic carbocycles. The minimum Gasteiger partial charge on any atom is -0.271 e. The number of hydrogen-bond donors (Lipinski definition) is 0. The number of aryl methyl sites for hydroxylation is 1. The molecule has 1 aromatic heterocycles. The molecule has 0 radical (unpaired) electrons. The molecule has 1 saturated carbocycles. The van der Waals surface area contributed by atoms with Crippen molar-refractivity contribution in [1.29, 1.82) is 0 Å². The number of hydrogen-bond acceptors (Lipinski definition) is 2. The van der Waals surface area contributed by atoms with Crippen LogP contribution >= 0.6 is 0 Å². The van der Waals surface area contributed by atoms with Gasteiger partial charge in [0.1, 0.15) is 5.82 Å². The molecule has 21 heavy (non-hydrogen) atoms. The Morgan fingerprint density at radius 1 is 1.00 bits per heavy atom. The number of rotatable bonds is 2. The second kappa shape index (κ2) is 5.17. The number of aromatic nitrogens is 3. The second-order valence-corrected chi connectivity index (χ2v) is 6.27. The molecule has 0 unspecified atom stereocenters. The van der Waals surface area contributed by atoms with Gasteiger partial charge < -0.3 is 0 Å². The van der Waals surface area contributed by atoms with Crippen LogP contribution in [0.4, 0.5) is 0 Å². The highest BCUT2D eigenvalue weighted by atomic mass is 16.2. The monoisotopic (exact) mass is 283 g/mol. The Morgan fingerprint density at radius 2 is 1.76 bits per heavy atom. The lowest BCUT2D eigenvalue weighted by Gasteiger charge is -2.21. The maximum atomic E-state index is 12.8. The molecule has 1 aromatic carbocycles. The van der Waals surface area contributed by atoms with Gasteiger partial charge in [-0.05, 0) is 24.8 Å². The first kappa shape index (κ1) is 12.9. The van der Waals surface area contributed by atoms with Gasteiger partial charge in [-0.2, -0.15) is 5.10 Å². The summed E-state index contributed by atoms with van der Waals surface area (Å²) in [4.78, 5) is 12.8. The molecule has 110 valence electrons. The Morgan fingerprint density at radius 3 is 2.52 bits per heavy atom. The summed E-state index contributed by atoms with van der Waals surface area (Å²) in [5.74, 6) is 0.972. The van der Waals surface area contributed by atoms with Crippen LogP contribution in [0.25, 0.3) is 0 Å². The summed E-state index contributed by atoms with van der Waals surface area (Å²) in [6.45, 7) is 0. The van der Waals surface area contributed by atoms with Crippen molar-refractivity contribution in [3.63, 3.8) is 0 Å². The van der Waals surface area contributed by atoms with Gasteiger partial charge >= 0.3 is 5.69 Å². The van der Waals surface area contributed by atoms with Crippen molar-refractivity contribution in [3.05, 3.63) is 52.2 Å². The van der Waals surface area contributed by atoms with E-state index in [0.29, 0.717) is 6.04 Å². The number of nitrogens with zero attached hydrogens (tertiary/aromatic N) is 3. The molecule has 4 nitrogen and oxygen atoms in total. The largest absolute Gasteiger partial charge is 0.346 e. The molecule has 0 N–H and O–H groups in total. The molecule has 1 fully saturated rings. The fourth-order valence-corrected chi connectivity index (χ4v) is 3.87. The quantitative estimate of drug-likeness (QED) is 0.849. The van der Waals surface area contributed by atoms with Gasteiger partial charge in [0.2, 0.25) is 0 Å². The zero-order chi connectivity index (χ0) is 14.2. The Kier molecular flexibility index (Phi) is 3.17. The average Bonchev–Trinajstić information content (AvgIpc) is 3.10. The Balaban J connectivity index is 1.72. The van der Waals surface area contributed by atoms with Gasteiger partial charge in [-0.15, -0.1) is 0 Å². The second-order valence-electron chi connectivity index (χ2n) is 6.27. The molecule has 1 aliphatic heterocycles. The molecule has 0 spiro atoms. The van der Waals surface area contributed by atoms with E-state index in [9.17, 15) is 4.79 Å². The lowest BCUT2D eigenvalue weighted by Crippen LogP contribution is -2.31. The van der Waals surface area contributed by atoms with E-state index in [4.69, 9.17) is 0 Å². The number of fused-ring (bicyclic) bond motifs is 1. The van der Waals surface area contributed by atoms with Crippen LogP contribution in [0, 0.1) is 0 Å². The molecule has 0 bridgehead atoms. The highest BCUT2D eigenvalue weighted by Gasteiger charge is 2.30. The van der Waals surface area contributed by atoms with Gasteiger partial charge in [-0.1, -0.05) is 49.6 Å². The molecule has 4 rings (SSSR count). The summed E-state index contributed by atoms with van der Waals surface area (Å²) >= 11 is 0. The highest BCUT2D eigenvalue weighted by Crippen LogP contribution is 2.31. The van der Waals surface area contributed by atoms with Crippen molar-refractivity contribution in [2.45, 2.75) is 57.0 Å². The van der Waals surface area contributed by atoms with Crippen LogP contribution < -0.4 is 5.69 Å². The summed E-state index contributed by atoms with van der Waals surface area (Å²) in [5.41, 5.74) is 1.32. The van der Waals surface area contributed by atoms with Gasteiger partial charge in [0.15, 0.2) is 0 Å². The SMILES string of the molecule is O=c1n(C2CCCCC2)nc2n1[C@H](c1ccccc1)CC2. The zero-order valence-corrected chi connectivity index (χ0v) is 12.2. The minimum absolute atomic E-state index is 0.100. The third-order valence-corrected chi connectivity index (χ3v) is 4.96. The molecular formula is C17H21N3O. The van der Waals surface area contributed by atoms with Crippen molar-refractivity contribution >= 4 is 0 Å². The molecule has 2 aliphatic rings. The molecule has 2 aromatic rings. The lowest BCUT2D eigenvalue weighted by atomic mass is 9.96. The van der Waals surface area contributed by atoms with Crippen LogP contribution in [0.3, 0.4) is 0 Å². The minimum atomic E-state index is 0.100. The van der Waals surface area contributed by atoms with E-state index in [2.05, 4.69) is 17.2 Å². The first-order chi connectivity index (χ1) is 10.3. The zero-order valence-electron chi connectivity index (χ0n) is 12.2. The lowest BCUT2D eigenvalue weighted by molar-refractivity contribution is 0.317. The van der Waals surface area contributed by atoms with Gasteiger partial charge in [-0.25, -0.2) is 9.48 Å². The smallest absolute Gasteiger partial charge is 0.271 e. The van der Waals surface area contributed by atoms with E-state index < -0.39 is 0 Å². The Labute approximate surface area is 124 Å². The van der Waals surface area contributed by atoms with E-state index in [1.807, 2.05) is 22.8 Å². The van der Waals surface area contributed by atoms with E-state index >= 15 is 0 Å². The molecule has 0 saturated heterocycles. The van der Waals surface area contributed by atoms with Crippen LogP contribution in [0.15, 0.2) is 35.1 Å². The van der Waals surface area contributed by atoms with Crippen molar-refractivity contribution < 1.29 is 0 Å². The van der Waals surface area contributed by atoms with Crippen LogP contribution in [-0.2, 0) is 6.42 Å². The molecule has 1 atom stereocenters. The third kappa shape index (κ3) is 2.13. The highest BCUT2D eigenvalue weighted by molar-refractivity contribution is 5.22. The van der Waals surface area contributed by atoms with E-state index in [-0.39, 0.29) is 11.7 Å². The molecule has 0 amide bonds. The predicted molar refractivity (Wildman–Crippen MR) is 81.5 cm³/mol. The van der Waals surface area contributed by atoms with Crippen LogP contribution in [0.1, 0.15) is 62.0 Å². The summed E-state index contributed by atoms with van der Waals surface area (Å²) in [6.07, 6.45) is 7.86. The standard InChI is InChI=1S/C17H21N3O/c21-17-19-15(13-7-3-1-4-8-13)11-12-16(19)18-20(17)14-9-5-2-6-10-14/h1,3-4,7-8,14-15H,2,5-6,9-12H2/t15-/m0/s1. The summed E-state index contributed by atoms with van der Waals surface area (Å²) < 4.78 is 3.72. The normalized spacial score (nSPS) is 22.4. The summed E-state index contributed by atoms with van der Waals surface area (Å²) in [5, 5.41) is 4.66. The van der Waals surface area contributed by atoms with E-state index in [0.717, 1.165) is 31.5 Å². The first-order valence-corrected chi connectivity index (χ1v) is 8.09. The van der Waals surface area contributed by atoms with Crippen molar-refractivity contribution in [1.82, 2.24) is 14.3 Å². The average molecular weight is 283 g/mol. The number of benzene rings is 1. The van der Waals surface area contributed by atoms with Crippen molar-refractivity contribution in [2.75, 3.05) is 0 Å². The Bertz CT molecular complexity index is 680. The molecular weight excluding hydrogens is 262 g/mol. The Hall–Kier alpha value is -1.84. The van der Waals surface area contributed by atoms with Gasteiger partial charge in [0.25, 0.3) is 0 Å². The maximum Gasteiger partial charge on any atom is 0.346 e. The molecule has 2 heterocycles. The summed E-state index contributed by atoms with van der Waals surface area (Å²) in [7, 11) is 0. The van der Waals surface area contributed by atoms with E-state index in [1.165, 1.54) is 24.8 Å². The predicted octanol–water partition coefficient (Wildman–Crippen LogP) is 3.09. The fourth-order valence-electron chi connectivity index (χ4n) is 3.87. The third-order valence-electron chi connectivity index (χ3n) is 4.96. The van der Waals surface area contributed by atoms with E-state index in [1.54, 1.807) is 4.68 Å². The van der Waals surface area contributed by atoms with Crippen molar-refractivity contribution in [2.24, 2.45) is 0 Å². The van der Waals surface area contributed by atoms with Gasteiger partial charge in [-0.3, -0.25) is 4.57 Å². The van der Waals surface area contributed by atoms with Crippen LogP contribution in [-0.4, -0.2) is 14.3 Å². The fraction of sp³-hybridized carbons (Fsp3) is 0.529. The van der Waals surface area contributed by atoms with Crippen LogP contribution in [0.5, 0.6) is 0 Å². The maximum absolute atomic E-state index is 12.8. The van der Waals surface area contributed by atoms with Gasteiger partial charge in [0, 0.05) is 6.42 Å². The van der Waals surface area contributed by atoms with Crippen LogP contribution in [0.2, 0.25) is 0 Å².